The molecule has 1 heterocycles. The average Bonchev–Trinajstić information content (AvgIpc) is 2.35. The van der Waals surface area contributed by atoms with Crippen molar-refractivity contribution in [3.8, 4) is 0 Å². The molecule has 2 N–H and O–H groups in total. The van der Waals surface area contributed by atoms with Crippen LogP contribution in [0.3, 0.4) is 0 Å². The molecule has 2 rings (SSSR count). The summed E-state index contributed by atoms with van der Waals surface area (Å²) in [6, 6.07) is 0. The molecule has 3 nitrogen and oxygen atoms in total. The molecule has 0 aromatic carbocycles. The Labute approximate surface area is 111 Å². The van der Waals surface area contributed by atoms with Gasteiger partial charge in [0.05, 0.1) is 5.54 Å². The summed E-state index contributed by atoms with van der Waals surface area (Å²) in [6.45, 7) is 6.39. The Morgan fingerprint density at radius 3 is 2.24 bits per heavy atom. The summed E-state index contributed by atoms with van der Waals surface area (Å²) < 4.78 is 0. The van der Waals surface area contributed by atoms with Crippen LogP contribution in [0.2, 0.25) is 0 Å². The highest BCUT2D eigenvalue weighted by Gasteiger charge is 2.43. The van der Waals surface area contributed by atoms with E-state index >= 15 is 0 Å². The molecular weight excluding hydrogens is 236 g/mol. The molecule has 0 atom stereocenters. The molecule has 0 unspecified atom stereocenters. The van der Waals surface area contributed by atoms with Crippen molar-refractivity contribution in [3.05, 3.63) is 0 Å². The first kappa shape index (κ1) is 14.8. The summed E-state index contributed by atoms with van der Waals surface area (Å²) in [4.78, 5) is 14.3. The van der Waals surface area contributed by atoms with E-state index in [-0.39, 0.29) is 18.3 Å². The molecule has 0 bridgehead atoms. The number of carbonyl (C=O) groups is 1. The van der Waals surface area contributed by atoms with Crippen molar-refractivity contribution in [2.24, 2.45) is 11.1 Å². The quantitative estimate of drug-likeness (QED) is 0.787. The monoisotopic (exact) mass is 260 g/mol. The SMILES string of the molecule is CC1(C)CCCN(C(=O)C2(N)CCC2)CC1.Cl. The number of amides is 1. The van der Waals surface area contributed by atoms with Gasteiger partial charge in [-0.2, -0.15) is 0 Å². The summed E-state index contributed by atoms with van der Waals surface area (Å²) in [5.41, 5.74) is 5.98. The van der Waals surface area contributed by atoms with Crippen LogP contribution in [0.25, 0.3) is 0 Å². The molecule has 17 heavy (non-hydrogen) atoms. The lowest BCUT2D eigenvalue weighted by molar-refractivity contribution is -0.140. The van der Waals surface area contributed by atoms with Gasteiger partial charge >= 0.3 is 0 Å². The standard InChI is InChI=1S/C13H24N2O.ClH/c1-12(2)5-4-9-15(10-8-12)11(16)13(14)6-3-7-13;/h3-10,14H2,1-2H3;1H. The Morgan fingerprint density at radius 2 is 1.71 bits per heavy atom. The first-order valence-corrected chi connectivity index (χ1v) is 6.51. The maximum atomic E-state index is 12.3. The van der Waals surface area contributed by atoms with E-state index < -0.39 is 5.54 Å². The van der Waals surface area contributed by atoms with Gasteiger partial charge in [-0.05, 0) is 43.9 Å². The van der Waals surface area contributed by atoms with Crippen LogP contribution in [0.15, 0.2) is 0 Å². The van der Waals surface area contributed by atoms with Crippen LogP contribution in [-0.4, -0.2) is 29.4 Å². The number of likely N-dealkylation sites (tertiary alicyclic amines) is 1. The van der Waals surface area contributed by atoms with Gasteiger partial charge in [0.25, 0.3) is 0 Å². The van der Waals surface area contributed by atoms with Crippen LogP contribution < -0.4 is 5.73 Å². The molecule has 0 radical (unpaired) electrons. The van der Waals surface area contributed by atoms with Crippen molar-refractivity contribution in [2.75, 3.05) is 13.1 Å². The minimum atomic E-state index is -0.505. The zero-order valence-corrected chi connectivity index (χ0v) is 11.8. The van der Waals surface area contributed by atoms with Gasteiger partial charge < -0.3 is 10.6 Å². The van der Waals surface area contributed by atoms with E-state index in [9.17, 15) is 4.79 Å². The van der Waals surface area contributed by atoms with Crippen molar-refractivity contribution in [3.63, 3.8) is 0 Å². The summed E-state index contributed by atoms with van der Waals surface area (Å²) in [6.07, 6.45) is 6.32. The maximum absolute atomic E-state index is 12.3. The van der Waals surface area contributed by atoms with Crippen LogP contribution in [0, 0.1) is 5.41 Å². The fraction of sp³-hybridized carbons (Fsp3) is 0.923. The van der Waals surface area contributed by atoms with Crippen molar-refractivity contribution < 1.29 is 4.79 Å². The van der Waals surface area contributed by atoms with Gasteiger partial charge in [-0.3, -0.25) is 4.79 Å². The molecule has 2 fully saturated rings. The van der Waals surface area contributed by atoms with Crippen LogP contribution in [0.1, 0.15) is 52.4 Å². The zero-order valence-electron chi connectivity index (χ0n) is 11.0. The Bertz CT molecular complexity index is 287. The van der Waals surface area contributed by atoms with Gasteiger partial charge in [0.2, 0.25) is 5.91 Å². The molecule has 1 aliphatic heterocycles. The number of nitrogens with two attached hydrogens (primary N) is 1. The molecular formula is C13H25ClN2O. The molecule has 0 aromatic rings. The Hall–Kier alpha value is -0.280. The highest BCUT2D eigenvalue weighted by molar-refractivity contribution is 5.87. The third-order valence-electron chi connectivity index (χ3n) is 4.30. The molecule has 4 heteroatoms. The van der Waals surface area contributed by atoms with E-state index in [0.29, 0.717) is 5.41 Å². The van der Waals surface area contributed by atoms with Crippen LogP contribution in [0.4, 0.5) is 0 Å². The van der Waals surface area contributed by atoms with E-state index in [4.69, 9.17) is 5.73 Å². The Kier molecular flexibility index (Phi) is 4.48. The number of halogens is 1. The van der Waals surface area contributed by atoms with Crippen molar-refractivity contribution in [1.82, 2.24) is 4.90 Å². The van der Waals surface area contributed by atoms with Crippen LogP contribution in [-0.2, 0) is 4.79 Å². The predicted octanol–water partition coefficient (Wildman–Crippen LogP) is 2.33. The van der Waals surface area contributed by atoms with Gasteiger partial charge in [-0.1, -0.05) is 13.8 Å². The van der Waals surface area contributed by atoms with Crippen molar-refractivity contribution >= 4 is 18.3 Å². The van der Waals surface area contributed by atoms with E-state index in [0.717, 1.165) is 45.2 Å². The Morgan fingerprint density at radius 1 is 1.06 bits per heavy atom. The first-order valence-electron chi connectivity index (χ1n) is 6.51. The number of hydrogen-bond acceptors (Lipinski definition) is 2. The lowest BCUT2D eigenvalue weighted by Crippen LogP contribution is -2.59. The van der Waals surface area contributed by atoms with Crippen LogP contribution in [0.5, 0.6) is 0 Å². The van der Waals surface area contributed by atoms with E-state index in [1.165, 1.54) is 6.42 Å². The fourth-order valence-corrected chi connectivity index (χ4v) is 2.71. The topological polar surface area (TPSA) is 46.3 Å². The summed E-state index contributed by atoms with van der Waals surface area (Å²) >= 11 is 0. The number of carbonyl (C=O) groups excluding carboxylic acids is 1. The van der Waals surface area contributed by atoms with E-state index in [1.54, 1.807) is 0 Å². The summed E-state index contributed by atoms with van der Waals surface area (Å²) in [7, 11) is 0. The van der Waals surface area contributed by atoms with Gasteiger partial charge in [-0.25, -0.2) is 0 Å². The zero-order chi connectivity index (χ0) is 11.8. The smallest absolute Gasteiger partial charge is 0.242 e. The normalized spacial score (nSPS) is 26.4. The van der Waals surface area contributed by atoms with E-state index in [1.807, 2.05) is 4.90 Å². The van der Waals surface area contributed by atoms with Crippen LogP contribution >= 0.6 is 12.4 Å². The fourth-order valence-electron chi connectivity index (χ4n) is 2.71. The molecule has 2 aliphatic rings. The molecule has 1 saturated carbocycles. The second-order valence-corrected chi connectivity index (χ2v) is 6.32. The lowest BCUT2D eigenvalue weighted by Gasteiger charge is -2.40. The average molecular weight is 261 g/mol. The minimum absolute atomic E-state index is 0. The Balaban J connectivity index is 0.00000144. The largest absolute Gasteiger partial charge is 0.341 e. The number of rotatable bonds is 1. The summed E-state index contributed by atoms with van der Waals surface area (Å²) in [5, 5.41) is 0. The third kappa shape index (κ3) is 3.14. The number of hydrogen-bond donors (Lipinski definition) is 1. The maximum Gasteiger partial charge on any atom is 0.242 e. The van der Waals surface area contributed by atoms with Crippen molar-refractivity contribution in [1.29, 1.82) is 0 Å². The lowest BCUT2D eigenvalue weighted by atomic mass is 9.76. The minimum Gasteiger partial charge on any atom is -0.341 e. The van der Waals surface area contributed by atoms with Gasteiger partial charge in [-0.15, -0.1) is 12.4 Å². The molecule has 1 saturated heterocycles. The second-order valence-electron chi connectivity index (χ2n) is 6.32. The van der Waals surface area contributed by atoms with Gasteiger partial charge in [0.15, 0.2) is 0 Å². The molecule has 0 aromatic heterocycles. The third-order valence-corrected chi connectivity index (χ3v) is 4.30. The highest BCUT2D eigenvalue weighted by atomic mass is 35.5. The van der Waals surface area contributed by atoms with Gasteiger partial charge in [0.1, 0.15) is 0 Å². The first-order chi connectivity index (χ1) is 7.43. The highest BCUT2D eigenvalue weighted by Crippen LogP contribution is 2.34. The molecule has 0 spiro atoms. The second kappa shape index (κ2) is 5.15. The molecule has 1 amide bonds. The summed E-state index contributed by atoms with van der Waals surface area (Å²) in [5.74, 6) is 0.205. The van der Waals surface area contributed by atoms with E-state index in [2.05, 4.69) is 13.8 Å². The number of nitrogens with zero attached hydrogens (tertiary/aromatic N) is 1. The molecule has 1 aliphatic carbocycles. The molecule has 100 valence electrons. The van der Waals surface area contributed by atoms with Gasteiger partial charge in [0, 0.05) is 13.1 Å². The van der Waals surface area contributed by atoms with Crippen molar-refractivity contribution in [2.45, 2.75) is 57.9 Å². The predicted molar refractivity (Wildman–Crippen MR) is 72.2 cm³/mol.